The third-order valence-corrected chi connectivity index (χ3v) is 4.45. The van der Waals surface area contributed by atoms with Gasteiger partial charge in [-0.15, -0.1) is 0 Å². The molecule has 0 aromatic heterocycles. The predicted octanol–water partition coefficient (Wildman–Crippen LogP) is 3.25. The van der Waals surface area contributed by atoms with Gasteiger partial charge in [0.1, 0.15) is 0 Å². The van der Waals surface area contributed by atoms with Crippen LogP contribution >= 0.6 is 0 Å². The minimum Gasteiger partial charge on any atom is -0.313 e. The van der Waals surface area contributed by atoms with Gasteiger partial charge in [-0.2, -0.15) is 0 Å². The molecule has 0 aliphatic carbocycles. The number of nitrogens with one attached hydrogen (secondary N) is 1. The van der Waals surface area contributed by atoms with Crippen molar-refractivity contribution in [1.29, 1.82) is 0 Å². The summed E-state index contributed by atoms with van der Waals surface area (Å²) in [7, 11) is 0. The molecular weight excluding hydrogens is 194 g/mol. The Hall–Kier alpha value is -0.820. The summed E-state index contributed by atoms with van der Waals surface area (Å²) in [5.41, 5.74) is 1.91. The van der Waals surface area contributed by atoms with Crippen molar-refractivity contribution in [1.82, 2.24) is 5.32 Å². The smallest absolute Gasteiger partial charge is 0.0164 e. The maximum Gasteiger partial charge on any atom is 0.0164 e. The van der Waals surface area contributed by atoms with E-state index in [0.717, 1.165) is 12.3 Å². The standard InChI is InChI=1S/C15H23N/c1-12(2)15(3)9-10-16-14(15)11-13-7-5-4-6-8-13/h4-8,12,14,16H,9-11H2,1-3H3. The van der Waals surface area contributed by atoms with Crippen molar-refractivity contribution in [2.75, 3.05) is 6.54 Å². The van der Waals surface area contributed by atoms with Crippen LogP contribution in [0.5, 0.6) is 0 Å². The van der Waals surface area contributed by atoms with E-state index >= 15 is 0 Å². The van der Waals surface area contributed by atoms with Crippen LogP contribution in [-0.2, 0) is 6.42 Å². The molecule has 0 bridgehead atoms. The van der Waals surface area contributed by atoms with Crippen molar-refractivity contribution in [3.63, 3.8) is 0 Å². The molecule has 1 nitrogen and oxygen atoms in total. The molecular formula is C15H23N. The van der Waals surface area contributed by atoms with Gasteiger partial charge in [0.25, 0.3) is 0 Å². The van der Waals surface area contributed by atoms with Gasteiger partial charge in [-0.05, 0) is 36.3 Å². The molecule has 1 heterocycles. The molecule has 2 atom stereocenters. The minimum atomic E-state index is 0.454. The summed E-state index contributed by atoms with van der Waals surface area (Å²) in [6.45, 7) is 8.31. The van der Waals surface area contributed by atoms with Crippen LogP contribution in [-0.4, -0.2) is 12.6 Å². The number of rotatable bonds is 3. The van der Waals surface area contributed by atoms with Crippen LogP contribution < -0.4 is 5.32 Å². The molecule has 2 rings (SSSR count). The van der Waals surface area contributed by atoms with Gasteiger partial charge >= 0.3 is 0 Å². The summed E-state index contributed by atoms with van der Waals surface area (Å²) in [6, 6.07) is 11.5. The van der Waals surface area contributed by atoms with Crippen molar-refractivity contribution in [3.05, 3.63) is 35.9 Å². The van der Waals surface area contributed by atoms with Crippen LogP contribution in [0.2, 0.25) is 0 Å². The highest BCUT2D eigenvalue weighted by atomic mass is 15.0. The molecule has 1 aliphatic rings. The lowest BCUT2D eigenvalue weighted by molar-refractivity contribution is 0.187. The zero-order valence-corrected chi connectivity index (χ0v) is 10.7. The molecule has 0 amide bonds. The monoisotopic (exact) mass is 217 g/mol. The lowest BCUT2D eigenvalue weighted by atomic mass is 9.71. The normalized spacial score (nSPS) is 29.9. The van der Waals surface area contributed by atoms with E-state index in [-0.39, 0.29) is 0 Å². The lowest BCUT2D eigenvalue weighted by Crippen LogP contribution is -2.39. The zero-order chi connectivity index (χ0) is 11.6. The molecule has 0 saturated carbocycles. The van der Waals surface area contributed by atoms with E-state index in [0.29, 0.717) is 11.5 Å². The Morgan fingerprint density at radius 2 is 2.00 bits per heavy atom. The molecule has 0 spiro atoms. The maximum absolute atomic E-state index is 3.68. The zero-order valence-electron chi connectivity index (χ0n) is 10.7. The summed E-state index contributed by atoms with van der Waals surface area (Å²) in [6.07, 6.45) is 2.47. The first-order valence-corrected chi connectivity index (χ1v) is 6.40. The molecule has 1 saturated heterocycles. The molecule has 2 unspecified atom stereocenters. The molecule has 1 heteroatoms. The van der Waals surface area contributed by atoms with Crippen LogP contribution in [0.4, 0.5) is 0 Å². The Morgan fingerprint density at radius 3 is 2.62 bits per heavy atom. The van der Waals surface area contributed by atoms with E-state index in [2.05, 4.69) is 56.4 Å². The summed E-state index contributed by atoms with van der Waals surface area (Å²) in [4.78, 5) is 0. The second kappa shape index (κ2) is 4.58. The molecule has 1 aromatic rings. The highest BCUT2D eigenvalue weighted by Crippen LogP contribution is 2.39. The summed E-state index contributed by atoms with van der Waals surface area (Å²) >= 11 is 0. The third-order valence-electron chi connectivity index (χ3n) is 4.45. The fourth-order valence-electron chi connectivity index (χ4n) is 2.77. The molecule has 1 aromatic carbocycles. The van der Waals surface area contributed by atoms with E-state index in [1.807, 2.05) is 0 Å². The number of benzene rings is 1. The average Bonchev–Trinajstić information content (AvgIpc) is 2.63. The summed E-state index contributed by atoms with van der Waals surface area (Å²) in [5, 5.41) is 3.68. The molecule has 0 radical (unpaired) electrons. The Kier molecular flexibility index (Phi) is 3.34. The SMILES string of the molecule is CC(C)C1(C)CCNC1Cc1ccccc1. The molecule has 1 fully saturated rings. The maximum atomic E-state index is 3.68. The van der Waals surface area contributed by atoms with E-state index in [1.165, 1.54) is 18.5 Å². The van der Waals surface area contributed by atoms with Gasteiger partial charge in [0.05, 0.1) is 0 Å². The first-order valence-electron chi connectivity index (χ1n) is 6.40. The van der Waals surface area contributed by atoms with Crippen molar-refractivity contribution in [3.8, 4) is 0 Å². The van der Waals surface area contributed by atoms with Gasteiger partial charge in [-0.1, -0.05) is 51.1 Å². The van der Waals surface area contributed by atoms with E-state index in [4.69, 9.17) is 0 Å². The molecule has 16 heavy (non-hydrogen) atoms. The molecule has 88 valence electrons. The van der Waals surface area contributed by atoms with Crippen LogP contribution in [0.15, 0.2) is 30.3 Å². The van der Waals surface area contributed by atoms with Gasteiger partial charge in [-0.25, -0.2) is 0 Å². The minimum absolute atomic E-state index is 0.454. The van der Waals surface area contributed by atoms with Crippen LogP contribution in [0.1, 0.15) is 32.8 Å². The van der Waals surface area contributed by atoms with Crippen molar-refractivity contribution >= 4 is 0 Å². The Labute approximate surface area is 99.3 Å². The van der Waals surface area contributed by atoms with E-state index in [1.54, 1.807) is 0 Å². The fraction of sp³-hybridized carbons (Fsp3) is 0.600. The quantitative estimate of drug-likeness (QED) is 0.819. The van der Waals surface area contributed by atoms with E-state index in [9.17, 15) is 0 Å². The van der Waals surface area contributed by atoms with Gasteiger partial charge in [-0.3, -0.25) is 0 Å². The summed E-state index contributed by atoms with van der Waals surface area (Å²) < 4.78 is 0. The Bertz CT molecular complexity index is 331. The van der Waals surface area contributed by atoms with Gasteiger partial charge in [0.2, 0.25) is 0 Å². The third kappa shape index (κ3) is 2.15. The van der Waals surface area contributed by atoms with Gasteiger partial charge < -0.3 is 5.32 Å². The predicted molar refractivity (Wildman–Crippen MR) is 69.5 cm³/mol. The van der Waals surface area contributed by atoms with Gasteiger partial charge in [0.15, 0.2) is 0 Å². The molecule has 1 N–H and O–H groups in total. The fourth-order valence-corrected chi connectivity index (χ4v) is 2.77. The Morgan fingerprint density at radius 1 is 1.31 bits per heavy atom. The lowest BCUT2D eigenvalue weighted by Gasteiger charge is -2.35. The summed E-state index contributed by atoms with van der Waals surface area (Å²) in [5.74, 6) is 0.746. The van der Waals surface area contributed by atoms with Crippen molar-refractivity contribution in [2.24, 2.45) is 11.3 Å². The highest BCUT2D eigenvalue weighted by Gasteiger charge is 2.40. The van der Waals surface area contributed by atoms with Crippen molar-refractivity contribution < 1.29 is 0 Å². The molecule has 1 aliphatic heterocycles. The highest BCUT2D eigenvalue weighted by molar-refractivity contribution is 5.17. The van der Waals surface area contributed by atoms with Crippen LogP contribution in [0.25, 0.3) is 0 Å². The van der Waals surface area contributed by atoms with Crippen LogP contribution in [0, 0.1) is 11.3 Å². The first-order chi connectivity index (χ1) is 7.63. The van der Waals surface area contributed by atoms with Gasteiger partial charge in [0, 0.05) is 6.04 Å². The second-order valence-corrected chi connectivity index (χ2v) is 5.61. The second-order valence-electron chi connectivity index (χ2n) is 5.61. The topological polar surface area (TPSA) is 12.0 Å². The average molecular weight is 217 g/mol. The Balaban J connectivity index is 2.10. The number of hydrogen-bond donors (Lipinski definition) is 1. The van der Waals surface area contributed by atoms with E-state index < -0.39 is 0 Å². The van der Waals surface area contributed by atoms with Crippen molar-refractivity contribution in [2.45, 2.75) is 39.7 Å². The first kappa shape index (κ1) is 11.7. The largest absolute Gasteiger partial charge is 0.313 e. The number of hydrogen-bond acceptors (Lipinski definition) is 1. The van der Waals surface area contributed by atoms with Crippen LogP contribution in [0.3, 0.4) is 0 Å².